The lowest BCUT2D eigenvalue weighted by atomic mass is 9.96. The number of carbonyl (C=O) groups is 13. The highest BCUT2D eigenvalue weighted by molar-refractivity contribution is 8.00. The molecule has 0 unspecified atom stereocenters. The Kier molecular flexibility index (Phi) is 33.9. The van der Waals surface area contributed by atoms with Crippen LogP contribution in [-0.2, 0) is 81.6 Å². The highest BCUT2D eigenvalue weighted by Gasteiger charge is 2.39. The smallest absolute Gasteiger partial charge is 0.245 e. The van der Waals surface area contributed by atoms with Gasteiger partial charge in [0.2, 0.25) is 76.8 Å². The van der Waals surface area contributed by atoms with Gasteiger partial charge in [-0.25, -0.2) is 0 Å². The van der Waals surface area contributed by atoms with Crippen LogP contribution in [0.25, 0.3) is 21.8 Å². The molecule has 2 aromatic heterocycles. The number of amides is 13. The van der Waals surface area contributed by atoms with E-state index in [0.717, 1.165) is 11.8 Å². The Hall–Kier alpha value is -9.96. The first-order chi connectivity index (χ1) is 50.6. The summed E-state index contributed by atoms with van der Waals surface area (Å²) in [5, 5.41) is 54.6. The Morgan fingerprint density at radius 3 is 1.39 bits per heavy atom. The van der Waals surface area contributed by atoms with Gasteiger partial charge in [-0.2, -0.15) is 0 Å². The van der Waals surface area contributed by atoms with Crippen LogP contribution in [0.2, 0.25) is 0 Å². The molecule has 22 N–H and O–H groups in total. The molecule has 1 aliphatic heterocycles. The molecule has 1 saturated heterocycles. The molecule has 106 heavy (non-hydrogen) atoms. The number of aromatic amines is 2. The second-order valence-electron chi connectivity index (χ2n) is 27.3. The summed E-state index contributed by atoms with van der Waals surface area (Å²) >= 11 is 0.876. The maximum Gasteiger partial charge on any atom is 0.245 e. The van der Waals surface area contributed by atoms with E-state index in [1.54, 1.807) is 121 Å². The largest absolute Gasteiger partial charge is 0.394 e. The lowest BCUT2D eigenvalue weighted by Gasteiger charge is -2.30. The SMILES string of the molecule is CC[C@H](C)[C@@H]1NC(=O)[C@H](Cc2ccccc2)NC(=O)CSC[C@@H](C(N)=O)NC(=O)[C@H](C(C)C)NC(=O)[C@H](Cc2c[nH]c3ccccc23)NC(=O)[C@H](CCCCN)NC(=O)[C@H](C(C)C)NC(=O)[C@H](Cc2c[nH]c3ccccc23)NC(=O)[C@H]([C@@H](C)O)NC(=O)[C@H](CCCCN)NC(=O)CNC(=O)[C@H](CO)NC1=O. The number of aliphatic hydroxyl groups excluding tert-OH is 2. The van der Waals surface area contributed by atoms with Crippen molar-refractivity contribution in [2.45, 2.75) is 185 Å². The van der Waals surface area contributed by atoms with Crippen LogP contribution < -0.4 is 81.0 Å². The number of nitrogens with one attached hydrogen (secondary N) is 14. The van der Waals surface area contributed by atoms with Crippen LogP contribution >= 0.6 is 11.8 Å². The topological polar surface area (TPSA) is 516 Å². The van der Waals surface area contributed by atoms with E-state index in [0.29, 0.717) is 64.2 Å². The van der Waals surface area contributed by atoms with E-state index in [1.165, 1.54) is 6.92 Å². The molecule has 13 amide bonds. The number of hydrogen-bond acceptors (Lipinski definition) is 18. The number of primary amides is 1. The Balaban J connectivity index is 1.39. The summed E-state index contributed by atoms with van der Waals surface area (Å²) in [6.07, 6.45) is 2.71. The van der Waals surface area contributed by atoms with Crippen LogP contribution in [0.4, 0.5) is 0 Å². The molecule has 13 atom stereocenters. The van der Waals surface area contributed by atoms with Gasteiger partial charge in [0.25, 0.3) is 0 Å². The standard InChI is InChI=1S/C73H105N17O15S/c1-8-41(6)61-72(104)85-55(36-91)64(96)79-35-57(93)80-50(26-16-18-28-74)66(98)90-62(42(7)92)73(105)84-54(32-45-34-78-49-25-15-13-23-47(45)49)69(101)87-59(39(2)3)70(102)82-51(27-17-19-29-75)65(97)83-53(31-44-33-77-48-24-14-12-22-46(44)48)68(100)88-60(40(4)5)71(103)86-56(63(76)95)37-106-38-58(94)81-52(67(99)89-61)30-43-20-10-9-11-21-43/h9-15,20-25,33-34,39-42,50-56,59-62,77-78,91-92H,8,16-19,26-32,35-38,74-75H2,1-7H3,(H2,76,95)(H,79,96)(H,80,93)(H,81,94)(H,82,102)(H,83,97)(H,84,105)(H,85,104)(H,86,103)(H,87,101)(H,88,100)(H,89,99)(H,90,98)/t41-,42+,50-,51-,52-,53-,54-,55-,56-,59-,60-,61-,62-/m0/s1. The Morgan fingerprint density at radius 2 is 0.887 bits per heavy atom. The number of benzene rings is 3. The number of nitrogens with two attached hydrogens (primary N) is 3. The van der Waals surface area contributed by atoms with Crippen molar-refractivity contribution in [2.24, 2.45) is 35.0 Å². The normalized spacial score (nSPS) is 24.2. The minimum absolute atomic E-state index is 0.0205. The van der Waals surface area contributed by atoms with Gasteiger partial charge in [0, 0.05) is 59.2 Å². The zero-order valence-corrected chi connectivity index (χ0v) is 61.8. The van der Waals surface area contributed by atoms with E-state index in [-0.39, 0.29) is 57.4 Å². The molecular formula is C73H105N17O15S. The Morgan fingerprint density at radius 1 is 0.472 bits per heavy atom. The zero-order chi connectivity index (χ0) is 77.7. The van der Waals surface area contributed by atoms with E-state index >= 15 is 0 Å². The number of unbranched alkanes of at least 4 members (excludes halogenated alkanes) is 2. The Bertz CT molecular complexity index is 3830. The lowest BCUT2D eigenvalue weighted by molar-refractivity contribution is -0.137. The van der Waals surface area contributed by atoms with Gasteiger partial charge in [0.05, 0.1) is 25.0 Å². The van der Waals surface area contributed by atoms with Crippen LogP contribution in [-0.4, -0.2) is 207 Å². The first-order valence-electron chi connectivity index (χ1n) is 35.9. The van der Waals surface area contributed by atoms with Crippen LogP contribution in [0, 0.1) is 17.8 Å². The maximum atomic E-state index is 15.0. The lowest BCUT2D eigenvalue weighted by Crippen LogP contribution is -2.62. The van der Waals surface area contributed by atoms with Gasteiger partial charge in [-0.05, 0) is 105 Å². The van der Waals surface area contributed by atoms with Gasteiger partial charge in [0.15, 0.2) is 0 Å². The third kappa shape index (κ3) is 25.4. The summed E-state index contributed by atoms with van der Waals surface area (Å²) in [4.78, 5) is 192. The van der Waals surface area contributed by atoms with E-state index < -0.39 is 186 Å². The highest BCUT2D eigenvalue weighted by atomic mass is 32.2. The van der Waals surface area contributed by atoms with E-state index in [2.05, 4.69) is 73.8 Å². The first-order valence-corrected chi connectivity index (χ1v) is 37.0. The number of fused-ring (bicyclic) bond motifs is 2. The molecule has 0 spiro atoms. The van der Waals surface area contributed by atoms with Gasteiger partial charge < -0.3 is 101 Å². The van der Waals surface area contributed by atoms with E-state index in [4.69, 9.17) is 17.2 Å². The molecule has 578 valence electrons. The second-order valence-corrected chi connectivity index (χ2v) is 28.3. The number of rotatable bonds is 21. The van der Waals surface area contributed by atoms with Crippen LogP contribution in [0.5, 0.6) is 0 Å². The molecule has 1 aliphatic rings. The van der Waals surface area contributed by atoms with Crippen LogP contribution in [0.3, 0.4) is 0 Å². The number of carbonyl (C=O) groups excluding carboxylic acids is 13. The minimum atomic E-state index is -1.80. The molecule has 3 aromatic carbocycles. The average molecular weight is 1490 g/mol. The van der Waals surface area contributed by atoms with Crippen LogP contribution in [0.15, 0.2) is 91.3 Å². The molecule has 0 radical (unpaired) electrons. The maximum absolute atomic E-state index is 15.0. The van der Waals surface area contributed by atoms with Crippen molar-refractivity contribution in [1.29, 1.82) is 0 Å². The van der Waals surface area contributed by atoms with Gasteiger partial charge >= 0.3 is 0 Å². The van der Waals surface area contributed by atoms with Gasteiger partial charge in [-0.3, -0.25) is 62.3 Å². The predicted molar refractivity (Wildman–Crippen MR) is 399 cm³/mol. The molecule has 5 aromatic rings. The fourth-order valence-corrected chi connectivity index (χ4v) is 12.9. The first kappa shape index (κ1) is 85.0. The number of aliphatic hydroxyl groups is 2. The second kappa shape index (κ2) is 42.3. The van der Waals surface area contributed by atoms with Gasteiger partial charge in [0.1, 0.15) is 66.5 Å². The number of hydrogen-bond donors (Lipinski definition) is 19. The average Bonchev–Trinajstić information content (AvgIpc) is 1.62. The molecule has 1 fully saturated rings. The van der Waals surface area contributed by atoms with Crippen molar-refractivity contribution in [3.05, 3.63) is 108 Å². The minimum Gasteiger partial charge on any atom is -0.394 e. The third-order valence-corrected chi connectivity index (χ3v) is 19.4. The summed E-state index contributed by atoms with van der Waals surface area (Å²) in [6, 6.07) is 6.64. The summed E-state index contributed by atoms with van der Waals surface area (Å²) in [7, 11) is 0. The number of H-pyrrole nitrogens is 2. The highest BCUT2D eigenvalue weighted by Crippen LogP contribution is 2.23. The van der Waals surface area contributed by atoms with Crippen molar-refractivity contribution in [2.75, 3.05) is 37.7 Å². The van der Waals surface area contributed by atoms with Gasteiger partial charge in [-0.15, -0.1) is 11.8 Å². The van der Waals surface area contributed by atoms with Crippen molar-refractivity contribution in [3.63, 3.8) is 0 Å². The van der Waals surface area contributed by atoms with Crippen LogP contribution in [0.1, 0.15) is 110 Å². The molecule has 3 heterocycles. The number of para-hydroxylation sites is 2. The van der Waals surface area contributed by atoms with Crippen molar-refractivity contribution < 1.29 is 72.5 Å². The zero-order valence-electron chi connectivity index (χ0n) is 61.0. The van der Waals surface area contributed by atoms with Crippen molar-refractivity contribution >= 4 is 110 Å². The predicted octanol–water partition coefficient (Wildman–Crippen LogP) is -1.65. The number of aromatic nitrogens is 2. The van der Waals surface area contributed by atoms with E-state index in [1.807, 2.05) is 12.1 Å². The van der Waals surface area contributed by atoms with Crippen molar-refractivity contribution in [1.82, 2.24) is 73.8 Å². The number of thioether (sulfide) groups is 1. The molecular weight excluding hydrogens is 1390 g/mol. The Labute approximate surface area is 619 Å². The third-order valence-electron chi connectivity index (χ3n) is 18.3. The fraction of sp³-hybridized carbons (Fsp3) is 0.521. The molecule has 6 rings (SSSR count). The summed E-state index contributed by atoms with van der Waals surface area (Å²) in [5.74, 6) is -14.4. The molecule has 32 nitrogen and oxygen atoms in total. The fourth-order valence-electron chi connectivity index (χ4n) is 12.0. The summed E-state index contributed by atoms with van der Waals surface area (Å²) < 4.78 is 0. The van der Waals surface area contributed by atoms with Crippen molar-refractivity contribution in [3.8, 4) is 0 Å². The van der Waals surface area contributed by atoms with E-state index in [9.17, 15) is 72.5 Å². The van der Waals surface area contributed by atoms with Gasteiger partial charge in [-0.1, -0.05) is 115 Å². The quantitative estimate of drug-likeness (QED) is 0.0366. The molecule has 0 bridgehead atoms. The monoisotopic (exact) mass is 1490 g/mol. The molecule has 0 saturated carbocycles. The molecule has 33 heteroatoms. The summed E-state index contributed by atoms with van der Waals surface area (Å²) in [5.41, 5.74) is 20.7. The molecule has 0 aliphatic carbocycles. The summed E-state index contributed by atoms with van der Waals surface area (Å²) in [6.45, 7) is 9.69.